The van der Waals surface area contributed by atoms with Crippen molar-refractivity contribution in [1.82, 2.24) is 10.3 Å². The van der Waals surface area contributed by atoms with Crippen molar-refractivity contribution >= 4 is 17.2 Å². The van der Waals surface area contributed by atoms with E-state index < -0.39 is 0 Å². The number of fused-ring (bicyclic) bond motifs is 1. The van der Waals surface area contributed by atoms with Gasteiger partial charge in [0.15, 0.2) is 0 Å². The number of nitrogens with one attached hydrogen (secondary N) is 1. The average molecular weight is 288 g/mol. The number of carbonyl (C=O) groups is 1. The lowest BCUT2D eigenvalue weighted by atomic mass is 10.2. The van der Waals surface area contributed by atoms with Crippen LogP contribution < -0.4 is 10.1 Å². The second kappa shape index (κ2) is 5.63. The molecule has 1 aliphatic rings. The van der Waals surface area contributed by atoms with Crippen LogP contribution in [0.1, 0.15) is 32.1 Å². The van der Waals surface area contributed by atoms with Gasteiger partial charge in [-0.05, 0) is 37.0 Å². The first-order valence-corrected chi connectivity index (χ1v) is 7.47. The zero-order valence-electron chi connectivity index (χ0n) is 11.3. The molecule has 0 bridgehead atoms. The van der Waals surface area contributed by atoms with Gasteiger partial charge in [-0.1, -0.05) is 6.07 Å². The van der Waals surface area contributed by atoms with E-state index in [4.69, 9.17) is 4.74 Å². The van der Waals surface area contributed by atoms with Crippen molar-refractivity contribution in [3.8, 4) is 5.88 Å². The van der Waals surface area contributed by atoms with Crippen LogP contribution in [-0.4, -0.2) is 18.0 Å². The van der Waals surface area contributed by atoms with Crippen molar-refractivity contribution in [2.45, 2.75) is 25.8 Å². The highest BCUT2D eigenvalue weighted by Gasteiger charge is 2.18. The Bertz CT molecular complexity index is 615. The molecule has 0 spiro atoms. The maximum Gasteiger partial charge on any atom is 0.261 e. The van der Waals surface area contributed by atoms with Crippen molar-refractivity contribution in [3.63, 3.8) is 0 Å². The third kappa shape index (κ3) is 2.54. The third-order valence-electron chi connectivity index (χ3n) is 3.45. The summed E-state index contributed by atoms with van der Waals surface area (Å²) in [5.41, 5.74) is 2.23. The van der Waals surface area contributed by atoms with Crippen LogP contribution in [0, 0.1) is 0 Å². The summed E-state index contributed by atoms with van der Waals surface area (Å²) in [7, 11) is 1.58. The minimum absolute atomic E-state index is 0.0182. The second-order valence-corrected chi connectivity index (χ2v) is 5.90. The molecule has 2 aromatic heterocycles. The quantitative estimate of drug-likeness (QED) is 0.940. The predicted molar refractivity (Wildman–Crippen MR) is 78.3 cm³/mol. The number of hydrogen-bond donors (Lipinski definition) is 1. The number of methoxy groups -OCH3 is 1. The predicted octanol–water partition coefficient (Wildman–Crippen LogP) is 2.57. The van der Waals surface area contributed by atoms with E-state index >= 15 is 0 Å². The van der Waals surface area contributed by atoms with Gasteiger partial charge < -0.3 is 10.1 Å². The number of rotatable bonds is 4. The average Bonchev–Trinajstić information content (AvgIpc) is 3.06. The molecule has 0 atom stereocenters. The van der Waals surface area contributed by atoms with E-state index in [0.29, 0.717) is 12.4 Å². The van der Waals surface area contributed by atoms with E-state index in [1.165, 1.54) is 16.9 Å². The van der Waals surface area contributed by atoms with Gasteiger partial charge in [0.1, 0.15) is 0 Å². The summed E-state index contributed by atoms with van der Waals surface area (Å²) in [5.74, 6) is 0.539. The number of amides is 1. The Kier molecular flexibility index (Phi) is 3.69. The van der Waals surface area contributed by atoms with Gasteiger partial charge in [-0.15, -0.1) is 11.3 Å². The molecule has 0 aromatic carbocycles. The van der Waals surface area contributed by atoms with E-state index in [9.17, 15) is 4.79 Å². The lowest BCUT2D eigenvalue weighted by Crippen LogP contribution is -2.22. The molecule has 0 saturated heterocycles. The van der Waals surface area contributed by atoms with Gasteiger partial charge in [0.2, 0.25) is 5.88 Å². The smallest absolute Gasteiger partial charge is 0.261 e. The Hall–Kier alpha value is -1.88. The normalized spacial score (nSPS) is 13.1. The topological polar surface area (TPSA) is 51.2 Å². The molecule has 1 amide bonds. The summed E-state index contributed by atoms with van der Waals surface area (Å²) >= 11 is 1.62. The molecule has 4 nitrogen and oxygen atoms in total. The molecule has 1 N–H and O–H groups in total. The van der Waals surface area contributed by atoms with Crippen molar-refractivity contribution in [2.75, 3.05) is 7.11 Å². The number of ether oxygens (including phenoxy) is 1. The Labute approximate surface area is 121 Å². The molecule has 3 rings (SSSR count). The molecule has 2 aromatic rings. The fraction of sp³-hybridized carbons (Fsp3) is 0.333. The summed E-state index contributed by atoms with van der Waals surface area (Å²) in [5, 5.41) is 2.93. The van der Waals surface area contributed by atoms with Crippen molar-refractivity contribution in [3.05, 3.63) is 45.3 Å². The van der Waals surface area contributed by atoms with Gasteiger partial charge in [0.05, 0.1) is 12.0 Å². The van der Waals surface area contributed by atoms with Crippen LogP contribution in [0.5, 0.6) is 5.88 Å². The molecule has 0 saturated carbocycles. The Balaban J connectivity index is 1.67. The van der Waals surface area contributed by atoms with Crippen LogP contribution >= 0.6 is 11.3 Å². The molecular formula is C15H16N2O2S. The summed E-state index contributed by atoms with van der Waals surface area (Å²) in [6.45, 7) is 0.429. The molecule has 1 aliphatic carbocycles. The first-order valence-electron chi connectivity index (χ1n) is 6.65. The SMILES string of the molecule is COc1ncccc1CNC(=O)c1cc2c(s1)CCC2. The summed E-state index contributed by atoms with van der Waals surface area (Å²) in [6, 6.07) is 5.77. The first-order chi connectivity index (χ1) is 9.78. The van der Waals surface area contributed by atoms with E-state index in [2.05, 4.69) is 10.3 Å². The van der Waals surface area contributed by atoms with Crippen molar-refractivity contribution < 1.29 is 9.53 Å². The van der Waals surface area contributed by atoms with Crippen LogP contribution in [0.15, 0.2) is 24.4 Å². The highest BCUT2D eigenvalue weighted by Crippen LogP contribution is 2.30. The number of aromatic nitrogens is 1. The van der Waals surface area contributed by atoms with Crippen LogP contribution in [0.25, 0.3) is 0 Å². The van der Waals surface area contributed by atoms with Gasteiger partial charge in [0.25, 0.3) is 5.91 Å². The van der Waals surface area contributed by atoms with E-state index in [1.807, 2.05) is 18.2 Å². The van der Waals surface area contributed by atoms with Gasteiger partial charge in [-0.3, -0.25) is 4.79 Å². The molecule has 0 unspecified atom stereocenters. The zero-order chi connectivity index (χ0) is 13.9. The first kappa shape index (κ1) is 13.1. The maximum absolute atomic E-state index is 12.2. The molecular weight excluding hydrogens is 272 g/mol. The number of carbonyl (C=O) groups excluding carboxylic acids is 1. The second-order valence-electron chi connectivity index (χ2n) is 4.77. The molecule has 104 valence electrons. The fourth-order valence-electron chi connectivity index (χ4n) is 2.45. The zero-order valence-corrected chi connectivity index (χ0v) is 12.1. The summed E-state index contributed by atoms with van der Waals surface area (Å²) < 4.78 is 5.17. The molecule has 0 radical (unpaired) electrons. The van der Waals surface area contributed by atoms with Crippen LogP contribution in [0.2, 0.25) is 0 Å². The van der Waals surface area contributed by atoms with Crippen LogP contribution in [-0.2, 0) is 19.4 Å². The summed E-state index contributed by atoms with van der Waals surface area (Å²) in [4.78, 5) is 18.5. The Morgan fingerprint density at radius 3 is 3.20 bits per heavy atom. The van der Waals surface area contributed by atoms with Crippen molar-refractivity contribution in [1.29, 1.82) is 0 Å². The van der Waals surface area contributed by atoms with Crippen LogP contribution in [0.4, 0.5) is 0 Å². The minimum atomic E-state index is -0.0182. The fourth-order valence-corrected chi connectivity index (χ4v) is 3.62. The largest absolute Gasteiger partial charge is 0.481 e. The molecule has 5 heteroatoms. The third-order valence-corrected chi connectivity index (χ3v) is 4.69. The van der Waals surface area contributed by atoms with Crippen molar-refractivity contribution in [2.24, 2.45) is 0 Å². The maximum atomic E-state index is 12.2. The molecule has 0 aliphatic heterocycles. The molecule has 2 heterocycles. The lowest BCUT2D eigenvalue weighted by molar-refractivity contribution is 0.0954. The van der Waals surface area contributed by atoms with E-state index in [1.54, 1.807) is 24.6 Å². The van der Waals surface area contributed by atoms with Gasteiger partial charge in [-0.2, -0.15) is 0 Å². The lowest BCUT2D eigenvalue weighted by Gasteiger charge is -2.07. The van der Waals surface area contributed by atoms with E-state index in [0.717, 1.165) is 23.3 Å². The highest BCUT2D eigenvalue weighted by molar-refractivity contribution is 7.14. The molecule has 20 heavy (non-hydrogen) atoms. The standard InChI is InChI=1S/C15H16N2O2S/c1-19-15-11(5-3-7-16-15)9-17-14(18)13-8-10-4-2-6-12(10)20-13/h3,5,7-8H,2,4,6,9H2,1H3,(H,17,18). The van der Waals surface area contributed by atoms with Gasteiger partial charge in [-0.25, -0.2) is 4.98 Å². The minimum Gasteiger partial charge on any atom is -0.481 e. The molecule has 0 fully saturated rings. The number of hydrogen-bond acceptors (Lipinski definition) is 4. The van der Waals surface area contributed by atoms with Gasteiger partial charge >= 0.3 is 0 Å². The monoisotopic (exact) mass is 288 g/mol. The number of pyridine rings is 1. The number of nitrogens with zero attached hydrogens (tertiary/aromatic N) is 1. The Morgan fingerprint density at radius 1 is 1.50 bits per heavy atom. The number of aryl methyl sites for hydroxylation is 2. The van der Waals surface area contributed by atoms with Crippen LogP contribution in [0.3, 0.4) is 0 Å². The van der Waals surface area contributed by atoms with Gasteiger partial charge in [0, 0.05) is 23.2 Å². The van der Waals surface area contributed by atoms with E-state index in [-0.39, 0.29) is 5.91 Å². The number of thiophene rings is 1. The Morgan fingerprint density at radius 2 is 2.40 bits per heavy atom. The highest BCUT2D eigenvalue weighted by atomic mass is 32.1. The summed E-state index contributed by atoms with van der Waals surface area (Å²) in [6.07, 6.45) is 5.11.